The van der Waals surface area contributed by atoms with Gasteiger partial charge in [0.1, 0.15) is 0 Å². The molecular formula is C12H16BrN3O. The van der Waals surface area contributed by atoms with Gasteiger partial charge in [-0.1, -0.05) is 12.8 Å². The largest absolute Gasteiger partial charge is 0.325 e. The summed E-state index contributed by atoms with van der Waals surface area (Å²) in [6.45, 7) is 1.71. The SMILES string of the molecule is O=C(Nc1cncc(Br)c1)N1CCCCCC1. The number of nitrogens with one attached hydrogen (secondary N) is 1. The number of amides is 2. The fourth-order valence-electron chi connectivity index (χ4n) is 1.96. The van der Waals surface area contributed by atoms with E-state index in [1.54, 1.807) is 12.4 Å². The minimum Gasteiger partial charge on any atom is -0.325 e. The van der Waals surface area contributed by atoms with Gasteiger partial charge in [0.2, 0.25) is 0 Å². The van der Waals surface area contributed by atoms with Crippen LogP contribution in [0.25, 0.3) is 0 Å². The molecule has 0 aliphatic carbocycles. The number of likely N-dealkylation sites (tertiary alicyclic amines) is 1. The van der Waals surface area contributed by atoms with Crippen LogP contribution in [-0.2, 0) is 0 Å². The highest BCUT2D eigenvalue weighted by Gasteiger charge is 2.15. The summed E-state index contributed by atoms with van der Waals surface area (Å²) in [5.74, 6) is 0. The summed E-state index contributed by atoms with van der Waals surface area (Å²) >= 11 is 3.33. The van der Waals surface area contributed by atoms with Crippen molar-refractivity contribution in [3.05, 3.63) is 22.9 Å². The van der Waals surface area contributed by atoms with Crippen LogP contribution in [-0.4, -0.2) is 29.0 Å². The first kappa shape index (κ1) is 12.4. The number of urea groups is 1. The van der Waals surface area contributed by atoms with Gasteiger partial charge in [-0.05, 0) is 34.8 Å². The number of halogens is 1. The molecule has 0 unspecified atom stereocenters. The number of rotatable bonds is 1. The van der Waals surface area contributed by atoms with Gasteiger partial charge in [-0.15, -0.1) is 0 Å². The van der Waals surface area contributed by atoms with Crippen molar-refractivity contribution in [1.29, 1.82) is 0 Å². The summed E-state index contributed by atoms with van der Waals surface area (Å²) in [5, 5.41) is 2.87. The average Bonchev–Trinajstić information content (AvgIpc) is 2.57. The first-order valence-electron chi connectivity index (χ1n) is 5.92. The zero-order valence-corrected chi connectivity index (χ0v) is 11.2. The lowest BCUT2D eigenvalue weighted by atomic mass is 10.2. The lowest BCUT2D eigenvalue weighted by Crippen LogP contribution is -2.35. The molecule has 5 heteroatoms. The number of anilines is 1. The third-order valence-electron chi connectivity index (χ3n) is 2.85. The number of nitrogens with zero attached hydrogens (tertiary/aromatic N) is 2. The summed E-state index contributed by atoms with van der Waals surface area (Å²) in [6, 6.07) is 1.83. The molecule has 0 spiro atoms. The van der Waals surface area contributed by atoms with E-state index in [1.807, 2.05) is 11.0 Å². The van der Waals surface area contributed by atoms with Crippen LogP contribution in [0.3, 0.4) is 0 Å². The molecule has 2 heterocycles. The molecule has 1 saturated heterocycles. The van der Waals surface area contributed by atoms with Crippen LogP contribution in [0.5, 0.6) is 0 Å². The Morgan fingerprint density at radius 3 is 2.59 bits per heavy atom. The van der Waals surface area contributed by atoms with Gasteiger partial charge in [0.15, 0.2) is 0 Å². The molecule has 92 valence electrons. The molecule has 0 atom stereocenters. The van der Waals surface area contributed by atoms with Gasteiger partial charge < -0.3 is 10.2 Å². The molecule has 1 N–H and O–H groups in total. The minimum atomic E-state index is -0.0215. The monoisotopic (exact) mass is 297 g/mol. The maximum absolute atomic E-state index is 12.0. The Morgan fingerprint density at radius 1 is 1.24 bits per heavy atom. The Labute approximate surface area is 110 Å². The van der Waals surface area contributed by atoms with Gasteiger partial charge >= 0.3 is 6.03 Å². The Bertz CT molecular complexity index is 389. The zero-order valence-electron chi connectivity index (χ0n) is 9.66. The van der Waals surface area contributed by atoms with Gasteiger partial charge in [-0.25, -0.2) is 4.79 Å². The van der Waals surface area contributed by atoms with E-state index in [1.165, 1.54) is 12.8 Å². The fourth-order valence-corrected chi connectivity index (χ4v) is 2.32. The normalized spacial score (nSPS) is 16.4. The van der Waals surface area contributed by atoms with Gasteiger partial charge in [-0.3, -0.25) is 4.98 Å². The quantitative estimate of drug-likeness (QED) is 0.865. The van der Waals surface area contributed by atoms with E-state index < -0.39 is 0 Å². The maximum Gasteiger partial charge on any atom is 0.321 e. The third kappa shape index (κ3) is 3.70. The van der Waals surface area contributed by atoms with E-state index in [-0.39, 0.29) is 6.03 Å². The standard InChI is InChI=1S/C12H16BrN3O/c13-10-7-11(9-14-8-10)15-12(17)16-5-3-1-2-4-6-16/h7-9H,1-6H2,(H,15,17). The van der Waals surface area contributed by atoms with Crippen LogP contribution in [0, 0.1) is 0 Å². The van der Waals surface area contributed by atoms with Crippen molar-refractivity contribution in [2.75, 3.05) is 18.4 Å². The van der Waals surface area contributed by atoms with Gasteiger partial charge in [0, 0.05) is 23.8 Å². The molecule has 0 saturated carbocycles. The lowest BCUT2D eigenvalue weighted by molar-refractivity contribution is 0.214. The second-order valence-corrected chi connectivity index (χ2v) is 5.14. The molecule has 17 heavy (non-hydrogen) atoms. The number of pyridine rings is 1. The zero-order chi connectivity index (χ0) is 12.1. The topological polar surface area (TPSA) is 45.2 Å². The van der Waals surface area contributed by atoms with Crippen LogP contribution in [0.4, 0.5) is 10.5 Å². The first-order valence-corrected chi connectivity index (χ1v) is 6.71. The van der Waals surface area contributed by atoms with E-state index in [0.29, 0.717) is 0 Å². The van der Waals surface area contributed by atoms with Crippen LogP contribution in [0.1, 0.15) is 25.7 Å². The van der Waals surface area contributed by atoms with Crippen molar-refractivity contribution >= 4 is 27.6 Å². The summed E-state index contributed by atoms with van der Waals surface area (Å²) in [5.41, 5.74) is 0.730. The number of carbonyl (C=O) groups excluding carboxylic acids is 1. The Hall–Kier alpha value is -1.10. The average molecular weight is 298 g/mol. The summed E-state index contributed by atoms with van der Waals surface area (Å²) in [7, 11) is 0. The van der Waals surface area contributed by atoms with Crippen molar-refractivity contribution in [3.8, 4) is 0 Å². The molecule has 1 aliphatic rings. The predicted molar refractivity (Wildman–Crippen MR) is 71.0 cm³/mol. The molecule has 1 aromatic rings. The highest BCUT2D eigenvalue weighted by atomic mass is 79.9. The molecule has 0 aromatic carbocycles. The molecule has 1 fully saturated rings. The summed E-state index contributed by atoms with van der Waals surface area (Å²) < 4.78 is 0.867. The number of hydrogen-bond acceptors (Lipinski definition) is 2. The molecule has 1 aromatic heterocycles. The second-order valence-electron chi connectivity index (χ2n) is 4.22. The minimum absolute atomic E-state index is 0.0215. The molecule has 0 bridgehead atoms. The van der Waals surface area contributed by atoms with Gasteiger partial charge in [0.25, 0.3) is 0 Å². The Kier molecular flexibility index (Phi) is 4.36. The number of aromatic nitrogens is 1. The van der Waals surface area contributed by atoms with E-state index in [4.69, 9.17) is 0 Å². The van der Waals surface area contributed by atoms with Crippen LogP contribution >= 0.6 is 15.9 Å². The lowest BCUT2D eigenvalue weighted by Gasteiger charge is -2.20. The van der Waals surface area contributed by atoms with Gasteiger partial charge in [0.05, 0.1) is 11.9 Å². The fraction of sp³-hybridized carbons (Fsp3) is 0.500. The molecule has 2 rings (SSSR count). The summed E-state index contributed by atoms with van der Waals surface area (Å²) in [6.07, 6.45) is 8.00. The summed E-state index contributed by atoms with van der Waals surface area (Å²) in [4.78, 5) is 17.9. The number of hydrogen-bond donors (Lipinski definition) is 1. The Balaban J connectivity index is 1.95. The molecule has 1 aliphatic heterocycles. The van der Waals surface area contributed by atoms with Gasteiger partial charge in [-0.2, -0.15) is 0 Å². The Morgan fingerprint density at radius 2 is 1.94 bits per heavy atom. The molecule has 0 radical (unpaired) electrons. The van der Waals surface area contributed by atoms with E-state index in [9.17, 15) is 4.79 Å². The van der Waals surface area contributed by atoms with Crippen molar-refractivity contribution in [2.45, 2.75) is 25.7 Å². The third-order valence-corrected chi connectivity index (χ3v) is 3.28. The van der Waals surface area contributed by atoms with Crippen LogP contribution < -0.4 is 5.32 Å². The van der Waals surface area contributed by atoms with Crippen LogP contribution in [0.2, 0.25) is 0 Å². The maximum atomic E-state index is 12.0. The highest BCUT2D eigenvalue weighted by Crippen LogP contribution is 2.15. The predicted octanol–water partition coefficient (Wildman–Crippen LogP) is 3.25. The second kappa shape index (κ2) is 6.00. The molecule has 2 amide bonds. The van der Waals surface area contributed by atoms with Crippen molar-refractivity contribution in [2.24, 2.45) is 0 Å². The van der Waals surface area contributed by atoms with Crippen molar-refractivity contribution < 1.29 is 4.79 Å². The van der Waals surface area contributed by atoms with Crippen LogP contribution in [0.15, 0.2) is 22.9 Å². The van der Waals surface area contributed by atoms with Crippen molar-refractivity contribution in [3.63, 3.8) is 0 Å². The van der Waals surface area contributed by atoms with Crippen molar-refractivity contribution in [1.82, 2.24) is 9.88 Å². The highest BCUT2D eigenvalue weighted by molar-refractivity contribution is 9.10. The first-order chi connectivity index (χ1) is 8.25. The molecule has 4 nitrogen and oxygen atoms in total. The van der Waals surface area contributed by atoms with E-state index in [0.717, 1.165) is 36.1 Å². The van der Waals surface area contributed by atoms with E-state index in [2.05, 4.69) is 26.2 Å². The van der Waals surface area contributed by atoms with E-state index >= 15 is 0 Å². The molecular weight excluding hydrogens is 282 g/mol. The number of carbonyl (C=O) groups is 1. The smallest absolute Gasteiger partial charge is 0.321 e.